The number of halogens is 1. The summed E-state index contributed by atoms with van der Waals surface area (Å²) in [7, 11) is 0. The van der Waals surface area contributed by atoms with Crippen molar-refractivity contribution in [1.82, 2.24) is 10.3 Å². The summed E-state index contributed by atoms with van der Waals surface area (Å²) >= 11 is 1.57. The molecule has 0 saturated carbocycles. The molecule has 6 heteroatoms. The first-order valence-corrected chi connectivity index (χ1v) is 6.60. The molecule has 1 unspecified atom stereocenters. The molecule has 0 aliphatic carbocycles. The Morgan fingerprint density at radius 1 is 1.71 bits per heavy atom. The summed E-state index contributed by atoms with van der Waals surface area (Å²) < 4.78 is 0. The number of nitrogens with one attached hydrogen (secondary N) is 2. The van der Waals surface area contributed by atoms with Crippen molar-refractivity contribution >= 4 is 34.8 Å². The lowest BCUT2D eigenvalue weighted by atomic mass is 10.2. The van der Waals surface area contributed by atoms with Crippen LogP contribution in [-0.4, -0.2) is 23.5 Å². The molecule has 0 radical (unpaired) electrons. The predicted octanol–water partition coefficient (Wildman–Crippen LogP) is 2.21. The molecule has 2 rings (SSSR count). The van der Waals surface area contributed by atoms with Crippen LogP contribution in [0.3, 0.4) is 0 Å². The highest BCUT2D eigenvalue weighted by Gasteiger charge is 2.22. The van der Waals surface area contributed by atoms with Crippen molar-refractivity contribution in [3.63, 3.8) is 0 Å². The zero-order valence-electron chi connectivity index (χ0n) is 9.86. The van der Waals surface area contributed by atoms with E-state index in [4.69, 9.17) is 0 Å². The number of carbonyl (C=O) groups is 1. The van der Waals surface area contributed by atoms with Gasteiger partial charge in [0.1, 0.15) is 0 Å². The first-order valence-electron chi connectivity index (χ1n) is 5.78. The number of anilines is 1. The molecule has 1 atom stereocenters. The summed E-state index contributed by atoms with van der Waals surface area (Å²) in [6.45, 7) is 3.08. The van der Waals surface area contributed by atoms with Crippen LogP contribution in [0, 0.1) is 0 Å². The summed E-state index contributed by atoms with van der Waals surface area (Å²) in [6.07, 6.45) is 6.01. The minimum Gasteiger partial charge on any atom is -0.306 e. The number of nitrogens with zero attached hydrogens (tertiary/aromatic N) is 1. The standard InChI is InChI=1S/C11H17N3OS.ClH/c1-2-4-8-7-13-11(16-8)14-10(15)9-5-3-6-12-9;/h7,9,12H,2-6H2,1H3,(H,13,14,15);1H. The van der Waals surface area contributed by atoms with Crippen LogP contribution in [-0.2, 0) is 11.2 Å². The summed E-state index contributed by atoms with van der Waals surface area (Å²) in [4.78, 5) is 17.2. The number of carbonyl (C=O) groups excluding carboxylic acids is 1. The number of aryl methyl sites for hydroxylation is 1. The second-order valence-electron chi connectivity index (χ2n) is 4.02. The Hall–Kier alpha value is -0.650. The third kappa shape index (κ3) is 3.94. The number of hydrogen-bond donors (Lipinski definition) is 2. The third-order valence-corrected chi connectivity index (χ3v) is 3.63. The highest BCUT2D eigenvalue weighted by atomic mass is 35.5. The minimum absolute atomic E-state index is 0. The Kier molecular flexibility index (Phi) is 5.88. The maximum Gasteiger partial charge on any atom is 0.243 e. The van der Waals surface area contributed by atoms with E-state index in [0.29, 0.717) is 0 Å². The Morgan fingerprint density at radius 3 is 3.18 bits per heavy atom. The maximum atomic E-state index is 11.8. The quantitative estimate of drug-likeness (QED) is 0.886. The second-order valence-corrected chi connectivity index (χ2v) is 5.14. The van der Waals surface area contributed by atoms with Gasteiger partial charge < -0.3 is 10.6 Å². The molecule has 0 bridgehead atoms. The zero-order chi connectivity index (χ0) is 11.4. The fraction of sp³-hybridized carbons (Fsp3) is 0.636. The summed E-state index contributed by atoms with van der Waals surface area (Å²) in [5, 5.41) is 6.77. The molecule has 1 saturated heterocycles. The predicted molar refractivity (Wildman–Crippen MR) is 73.0 cm³/mol. The molecule has 17 heavy (non-hydrogen) atoms. The molecule has 1 aromatic heterocycles. The van der Waals surface area contributed by atoms with Crippen molar-refractivity contribution < 1.29 is 4.79 Å². The van der Waals surface area contributed by atoms with Crippen LogP contribution >= 0.6 is 23.7 Å². The lowest BCUT2D eigenvalue weighted by Gasteiger charge is -2.08. The zero-order valence-corrected chi connectivity index (χ0v) is 11.5. The summed E-state index contributed by atoms with van der Waals surface area (Å²) in [5.74, 6) is 0.0508. The number of rotatable bonds is 4. The fourth-order valence-electron chi connectivity index (χ4n) is 1.83. The van der Waals surface area contributed by atoms with Gasteiger partial charge in [-0.3, -0.25) is 4.79 Å². The smallest absolute Gasteiger partial charge is 0.243 e. The Labute approximate surface area is 112 Å². The molecule has 4 nitrogen and oxygen atoms in total. The van der Waals surface area contributed by atoms with Crippen molar-refractivity contribution in [1.29, 1.82) is 0 Å². The van der Waals surface area contributed by atoms with Crippen LogP contribution in [0.5, 0.6) is 0 Å². The van der Waals surface area contributed by atoms with E-state index in [1.807, 2.05) is 6.20 Å². The molecule has 2 N–H and O–H groups in total. The van der Waals surface area contributed by atoms with E-state index < -0.39 is 0 Å². The van der Waals surface area contributed by atoms with Gasteiger partial charge in [0.25, 0.3) is 0 Å². The number of hydrogen-bond acceptors (Lipinski definition) is 4. The van der Waals surface area contributed by atoms with Gasteiger partial charge in [0.05, 0.1) is 6.04 Å². The van der Waals surface area contributed by atoms with E-state index >= 15 is 0 Å². The third-order valence-electron chi connectivity index (χ3n) is 2.66. The SMILES string of the molecule is CCCc1cnc(NC(=O)C2CCCN2)s1.Cl. The van der Waals surface area contributed by atoms with Gasteiger partial charge in [-0.1, -0.05) is 13.3 Å². The molecule has 1 fully saturated rings. The molecular formula is C11H18ClN3OS. The van der Waals surface area contributed by atoms with Crippen LogP contribution in [0.4, 0.5) is 5.13 Å². The van der Waals surface area contributed by atoms with Crippen LogP contribution < -0.4 is 10.6 Å². The van der Waals surface area contributed by atoms with Gasteiger partial charge in [-0.15, -0.1) is 23.7 Å². The van der Waals surface area contributed by atoms with E-state index in [0.717, 1.165) is 37.4 Å². The van der Waals surface area contributed by atoms with E-state index in [9.17, 15) is 4.79 Å². The van der Waals surface area contributed by atoms with E-state index in [1.54, 1.807) is 11.3 Å². The molecule has 1 aromatic rings. The van der Waals surface area contributed by atoms with Gasteiger partial charge in [0.15, 0.2) is 5.13 Å². The van der Waals surface area contributed by atoms with Crippen molar-refractivity contribution in [2.45, 2.75) is 38.6 Å². The van der Waals surface area contributed by atoms with Gasteiger partial charge in [-0.25, -0.2) is 4.98 Å². The van der Waals surface area contributed by atoms with Crippen molar-refractivity contribution in [3.8, 4) is 0 Å². The largest absolute Gasteiger partial charge is 0.306 e. The fourth-order valence-corrected chi connectivity index (χ4v) is 2.75. The number of amides is 1. The van der Waals surface area contributed by atoms with E-state index in [1.165, 1.54) is 4.88 Å². The van der Waals surface area contributed by atoms with Gasteiger partial charge in [-0.2, -0.15) is 0 Å². The van der Waals surface area contributed by atoms with Crippen molar-refractivity contribution in [2.24, 2.45) is 0 Å². The molecule has 0 spiro atoms. The molecule has 0 aromatic carbocycles. The molecule has 2 heterocycles. The van der Waals surface area contributed by atoms with Crippen molar-refractivity contribution in [2.75, 3.05) is 11.9 Å². The van der Waals surface area contributed by atoms with Crippen molar-refractivity contribution in [3.05, 3.63) is 11.1 Å². The number of aromatic nitrogens is 1. The van der Waals surface area contributed by atoms with Gasteiger partial charge in [0.2, 0.25) is 5.91 Å². The van der Waals surface area contributed by atoms with E-state index in [-0.39, 0.29) is 24.4 Å². The Bertz CT molecular complexity index is 363. The van der Waals surface area contributed by atoms with Crippen LogP contribution in [0.2, 0.25) is 0 Å². The number of thiazole rings is 1. The highest BCUT2D eigenvalue weighted by Crippen LogP contribution is 2.20. The molecule has 1 aliphatic rings. The Balaban J connectivity index is 0.00000144. The summed E-state index contributed by atoms with van der Waals surface area (Å²) in [5.41, 5.74) is 0. The molecular weight excluding hydrogens is 258 g/mol. The maximum absolute atomic E-state index is 11.8. The minimum atomic E-state index is -0.0291. The topological polar surface area (TPSA) is 54.0 Å². The lowest BCUT2D eigenvalue weighted by Crippen LogP contribution is -2.35. The molecule has 1 amide bonds. The van der Waals surface area contributed by atoms with Crippen LogP contribution in [0.25, 0.3) is 0 Å². The average Bonchev–Trinajstić information content (AvgIpc) is 2.89. The first kappa shape index (κ1) is 14.4. The summed E-state index contributed by atoms with van der Waals surface area (Å²) in [6, 6.07) is -0.0291. The lowest BCUT2D eigenvalue weighted by molar-refractivity contribution is -0.117. The normalized spacial score (nSPS) is 18.8. The monoisotopic (exact) mass is 275 g/mol. The van der Waals surface area contributed by atoms with Crippen LogP contribution in [0.1, 0.15) is 31.1 Å². The molecule has 96 valence electrons. The van der Waals surface area contributed by atoms with Gasteiger partial charge in [-0.05, 0) is 25.8 Å². The van der Waals surface area contributed by atoms with Gasteiger partial charge in [0, 0.05) is 11.1 Å². The van der Waals surface area contributed by atoms with Gasteiger partial charge >= 0.3 is 0 Å². The van der Waals surface area contributed by atoms with Crippen LogP contribution in [0.15, 0.2) is 6.20 Å². The second kappa shape index (κ2) is 6.93. The van der Waals surface area contributed by atoms with E-state index in [2.05, 4.69) is 22.5 Å². The first-order chi connectivity index (χ1) is 7.79. The molecule has 1 aliphatic heterocycles. The average molecular weight is 276 g/mol. The highest BCUT2D eigenvalue weighted by molar-refractivity contribution is 7.15. The Morgan fingerprint density at radius 2 is 2.53 bits per heavy atom.